The molecular weight excluding hydrogens is 264 g/mol. The Hall–Kier alpha value is -1.10. The summed E-state index contributed by atoms with van der Waals surface area (Å²) >= 11 is 0. The van der Waals surface area contributed by atoms with Crippen molar-refractivity contribution in [3.63, 3.8) is 0 Å². The topological polar surface area (TPSA) is 50.4 Å². The predicted octanol–water partition coefficient (Wildman–Crippen LogP) is 1.98. The molecule has 0 heterocycles. The molecule has 4 nitrogen and oxygen atoms in total. The van der Waals surface area contributed by atoms with Gasteiger partial charge in [-0.25, -0.2) is 0 Å². The van der Waals surface area contributed by atoms with Crippen molar-refractivity contribution < 1.29 is 9.53 Å². The van der Waals surface area contributed by atoms with Crippen LogP contribution in [0.2, 0.25) is 0 Å². The van der Waals surface area contributed by atoms with Gasteiger partial charge in [0.15, 0.2) is 0 Å². The number of ether oxygens (including phenoxy) is 1. The summed E-state index contributed by atoms with van der Waals surface area (Å²) in [5.74, 6) is -0.0382. The summed E-state index contributed by atoms with van der Waals surface area (Å²) in [4.78, 5) is 11.9. The highest BCUT2D eigenvalue weighted by Crippen LogP contribution is 2.05. The normalized spacial score (nSPS) is 11.5. The number of benzene rings is 1. The van der Waals surface area contributed by atoms with Gasteiger partial charge in [0.2, 0.25) is 0 Å². The largest absolute Gasteiger partial charge is 0.380 e. The maximum absolute atomic E-state index is 11.9. The summed E-state index contributed by atoms with van der Waals surface area (Å²) in [6, 6.07) is 7.74. The molecule has 0 bridgehead atoms. The van der Waals surface area contributed by atoms with Crippen LogP contribution >= 0.6 is 12.4 Å². The van der Waals surface area contributed by atoms with Crippen LogP contribution in [0.1, 0.15) is 29.8 Å². The highest BCUT2D eigenvalue weighted by molar-refractivity contribution is 5.94. The minimum Gasteiger partial charge on any atom is -0.380 e. The van der Waals surface area contributed by atoms with Gasteiger partial charge in [0, 0.05) is 25.3 Å². The van der Waals surface area contributed by atoms with E-state index in [4.69, 9.17) is 4.74 Å². The molecule has 1 amide bonds. The lowest BCUT2D eigenvalue weighted by molar-refractivity contribution is 0.0950. The van der Waals surface area contributed by atoms with Crippen LogP contribution < -0.4 is 10.6 Å². The zero-order chi connectivity index (χ0) is 13.4. The zero-order valence-corrected chi connectivity index (χ0v) is 12.5. The summed E-state index contributed by atoms with van der Waals surface area (Å²) in [5, 5.41) is 6.15. The molecule has 1 aromatic rings. The van der Waals surface area contributed by atoms with Gasteiger partial charge in [-0.2, -0.15) is 0 Å². The Morgan fingerprint density at radius 3 is 2.47 bits per heavy atom. The van der Waals surface area contributed by atoms with Crippen molar-refractivity contribution in [1.82, 2.24) is 10.6 Å². The Morgan fingerprint density at radius 2 is 1.95 bits per heavy atom. The first-order valence-electron chi connectivity index (χ1n) is 6.26. The lowest BCUT2D eigenvalue weighted by Gasteiger charge is -2.13. The molecule has 19 heavy (non-hydrogen) atoms. The predicted molar refractivity (Wildman–Crippen MR) is 79.9 cm³/mol. The van der Waals surface area contributed by atoms with Crippen LogP contribution in [0.25, 0.3) is 0 Å². The van der Waals surface area contributed by atoms with Crippen LogP contribution in [0.5, 0.6) is 0 Å². The van der Waals surface area contributed by atoms with Crippen molar-refractivity contribution >= 4 is 18.3 Å². The fourth-order valence-electron chi connectivity index (χ4n) is 1.69. The lowest BCUT2D eigenvalue weighted by Crippen LogP contribution is -2.38. The van der Waals surface area contributed by atoms with Gasteiger partial charge >= 0.3 is 0 Å². The SMILES string of the molecule is CCN[C@H](C)CNC(=O)c1ccc(COC)cc1.Cl. The Labute approximate surface area is 121 Å². The molecule has 0 saturated carbocycles. The molecule has 0 aliphatic rings. The van der Waals surface area contributed by atoms with Gasteiger partial charge in [-0.05, 0) is 31.2 Å². The van der Waals surface area contributed by atoms with E-state index in [1.54, 1.807) is 7.11 Å². The molecule has 0 aliphatic heterocycles. The van der Waals surface area contributed by atoms with E-state index in [1.165, 1.54) is 0 Å². The number of likely N-dealkylation sites (N-methyl/N-ethyl adjacent to an activating group) is 1. The maximum Gasteiger partial charge on any atom is 0.251 e. The number of hydrogen-bond donors (Lipinski definition) is 2. The number of amides is 1. The molecule has 0 spiro atoms. The molecule has 0 radical (unpaired) electrons. The van der Waals surface area contributed by atoms with Crippen molar-refractivity contribution in [3.05, 3.63) is 35.4 Å². The minimum atomic E-state index is -0.0382. The van der Waals surface area contributed by atoms with Gasteiger partial charge in [0.1, 0.15) is 0 Å². The van der Waals surface area contributed by atoms with Crippen molar-refractivity contribution in [3.8, 4) is 0 Å². The molecule has 0 aliphatic carbocycles. The first-order chi connectivity index (χ1) is 8.67. The third kappa shape index (κ3) is 6.57. The molecule has 0 fully saturated rings. The molecule has 5 heteroatoms. The van der Waals surface area contributed by atoms with Crippen LogP contribution in [0.15, 0.2) is 24.3 Å². The van der Waals surface area contributed by atoms with Gasteiger partial charge in [-0.1, -0.05) is 19.1 Å². The number of nitrogens with one attached hydrogen (secondary N) is 2. The number of hydrogen-bond acceptors (Lipinski definition) is 3. The Morgan fingerprint density at radius 1 is 1.32 bits per heavy atom. The van der Waals surface area contributed by atoms with Crippen LogP contribution in [0.3, 0.4) is 0 Å². The fraction of sp³-hybridized carbons (Fsp3) is 0.500. The van der Waals surface area contributed by atoms with Gasteiger partial charge in [-0.15, -0.1) is 12.4 Å². The second kappa shape index (κ2) is 9.78. The highest BCUT2D eigenvalue weighted by atomic mass is 35.5. The molecule has 2 N–H and O–H groups in total. The Kier molecular flexibility index (Phi) is 9.21. The number of rotatable bonds is 7. The first kappa shape index (κ1) is 17.9. The van der Waals surface area contributed by atoms with E-state index < -0.39 is 0 Å². The van der Waals surface area contributed by atoms with Crippen LogP contribution in [-0.4, -0.2) is 32.1 Å². The van der Waals surface area contributed by atoms with Gasteiger partial charge in [-0.3, -0.25) is 4.79 Å². The Bertz CT molecular complexity index is 368. The van der Waals surface area contributed by atoms with E-state index in [0.717, 1.165) is 12.1 Å². The number of carbonyl (C=O) groups excluding carboxylic acids is 1. The van der Waals surface area contributed by atoms with Crippen molar-refractivity contribution in [1.29, 1.82) is 0 Å². The average Bonchev–Trinajstić information content (AvgIpc) is 2.37. The molecule has 108 valence electrons. The quantitative estimate of drug-likeness (QED) is 0.806. The van der Waals surface area contributed by atoms with Crippen molar-refractivity contribution in [2.45, 2.75) is 26.5 Å². The molecule has 1 rings (SSSR count). The van der Waals surface area contributed by atoms with Gasteiger partial charge in [0.05, 0.1) is 6.61 Å². The lowest BCUT2D eigenvalue weighted by atomic mass is 10.1. The first-order valence-corrected chi connectivity index (χ1v) is 6.26. The third-order valence-electron chi connectivity index (χ3n) is 2.65. The summed E-state index contributed by atoms with van der Waals surface area (Å²) in [5.41, 5.74) is 1.74. The average molecular weight is 287 g/mol. The highest BCUT2D eigenvalue weighted by Gasteiger charge is 2.06. The van der Waals surface area contributed by atoms with Crippen LogP contribution in [0.4, 0.5) is 0 Å². The third-order valence-corrected chi connectivity index (χ3v) is 2.65. The van der Waals surface area contributed by atoms with Crippen molar-refractivity contribution in [2.75, 3.05) is 20.2 Å². The molecule has 1 aromatic carbocycles. The zero-order valence-electron chi connectivity index (χ0n) is 11.7. The smallest absolute Gasteiger partial charge is 0.251 e. The van der Waals surface area contributed by atoms with E-state index in [0.29, 0.717) is 18.7 Å². The molecule has 1 atom stereocenters. The van der Waals surface area contributed by atoms with E-state index in [9.17, 15) is 4.79 Å². The summed E-state index contributed by atoms with van der Waals surface area (Å²) in [7, 11) is 1.66. The minimum absolute atomic E-state index is 0. The number of carbonyl (C=O) groups is 1. The number of methoxy groups -OCH3 is 1. The van der Waals surface area contributed by atoms with E-state index >= 15 is 0 Å². The number of halogens is 1. The fourth-order valence-corrected chi connectivity index (χ4v) is 1.69. The second-order valence-corrected chi connectivity index (χ2v) is 4.30. The summed E-state index contributed by atoms with van der Waals surface area (Å²) in [6.45, 7) is 6.20. The molecule has 0 unspecified atom stereocenters. The summed E-state index contributed by atoms with van der Waals surface area (Å²) in [6.07, 6.45) is 0. The van der Waals surface area contributed by atoms with Crippen LogP contribution in [-0.2, 0) is 11.3 Å². The van der Waals surface area contributed by atoms with Crippen LogP contribution in [0, 0.1) is 0 Å². The van der Waals surface area contributed by atoms with E-state index in [-0.39, 0.29) is 24.4 Å². The van der Waals surface area contributed by atoms with Gasteiger partial charge in [0.25, 0.3) is 5.91 Å². The van der Waals surface area contributed by atoms with Gasteiger partial charge < -0.3 is 15.4 Å². The summed E-state index contributed by atoms with van der Waals surface area (Å²) < 4.78 is 5.03. The molecule has 0 saturated heterocycles. The molecule has 0 aromatic heterocycles. The van der Waals surface area contributed by atoms with Crippen molar-refractivity contribution in [2.24, 2.45) is 0 Å². The monoisotopic (exact) mass is 286 g/mol. The van der Waals surface area contributed by atoms with E-state index in [1.807, 2.05) is 38.1 Å². The molecular formula is C14H23ClN2O2. The maximum atomic E-state index is 11.9. The second-order valence-electron chi connectivity index (χ2n) is 4.30. The standard InChI is InChI=1S/C14H22N2O2.ClH/c1-4-15-11(2)9-16-14(17)13-7-5-12(6-8-13)10-18-3;/h5-8,11,15H,4,9-10H2,1-3H3,(H,16,17);1H/t11-;/m1./s1. The van der Waals surface area contributed by atoms with E-state index in [2.05, 4.69) is 10.6 Å². The Balaban J connectivity index is 0.00000324.